The van der Waals surface area contributed by atoms with Crippen LogP contribution in [0.25, 0.3) is 0 Å². The van der Waals surface area contributed by atoms with Crippen molar-refractivity contribution < 1.29 is 9.23 Å². The predicted octanol–water partition coefficient (Wildman–Crippen LogP) is 1.04. The standard InChI is InChI=1S/C11H16FN5O/c1-7(2)17(11(15)16-10(13)14)18-9-5-3-4-8(12)6-9/h3-7H,1-2H3,(H5,13,14,15,16). The van der Waals surface area contributed by atoms with E-state index in [2.05, 4.69) is 4.99 Å². The maximum atomic E-state index is 13.0. The van der Waals surface area contributed by atoms with E-state index < -0.39 is 5.82 Å². The van der Waals surface area contributed by atoms with Crippen molar-refractivity contribution in [1.82, 2.24) is 5.06 Å². The molecule has 0 amide bonds. The lowest BCUT2D eigenvalue weighted by atomic mass is 10.3. The molecule has 0 radical (unpaired) electrons. The van der Waals surface area contributed by atoms with Crippen LogP contribution in [0.3, 0.4) is 0 Å². The Morgan fingerprint density at radius 3 is 2.61 bits per heavy atom. The normalized spacial score (nSPS) is 10.0. The minimum Gasteiger partial charge on any atom is -0.376 e. The smallest absolute Gasteiger partial charge is 0.255 e. The lowest BCUT2D eigenvalue weighted by molar-refractivity contribution is -0.0121. The zero-order valence-electron chi connectivity index (χ0n) is 10.2. The highest BCUT2D eigenvalue weighted by Crippen LogP contribution is 2.15. The van der Waals surface area contributed by atoms with E-state index in [4.69, 9.17) is 21.7 Å². The maximum Gasteiger partial charge on any atom is 0.255 e. The van der Waals surface area contributed by atoms with Crippen LogP contribution in [0.4, 0.5) is 4.39 Å². The van der Waals surface area contributed by atoms with Gasteiger partial charge in [0.2, 0.25) is 0 Å². The van der Waals surface area contributed by atoms with E-state index in [0.717, 1.165) is 0 Å². The number of halogens is 1. The minimum absolute atomic E-state index is 0.191. The summed E-state index contributed by atoms with van der Waals surface area (Å²) in [7, 11) is 0. The third-order valence-electron chi connectivity index (χ3n) is 1.91. The molecule has 5 N–H and O–H groups in total. The first kappa shape index (κ1) is 13.8. The molecule has 0 atom stereocenters. The van der Waals surface area contributed by atoms with Crippen LogP contribution >= 0.6 is 0 Å². The summed E-state index contributed by atoms with van der Waals surface area (Å²) in [6.07, 6.45) is 0. The Morgan fingerprint density at radius 2 is 2.11 bits per heavy atom. The number of nitrogens with zero attached hydrogens (tertiary/aromatic N) is 2. The fourth-order valence-electron chi connectivity index (χ4n) is 1.20. The largest absolute Gasteiger partial charge is 0.376 e. The lowest BCUT2D eigenvalue weighted by Crippen LogP contribution is -2.40. The van der Waals surface area contributed by atoms with Gasteiger partial charge in [-0.1, -0.05) is 6.07 Å². The Kier molecular flexibility index (Phi) is 4.47. The van der Waals surface area contributed by atoms with Gasteiger partial charge in [-0.2, -0.15) is 10.1 Å². The molecule has 0 saturated carbocycles. The molecule has 0 fully saturated rings. The average molecular weight is 253 g/mol. The number of guanidine groups is 2. The van der Waals surface area contributed by atoms with E-state index in [1.54, 1.807) is 19.9 Å². The number of benzene rings is 1. The van der Waals surface area contributed by atoms with Gasteiger partial charge in [0.25, 0.3) is 5.96 Å². The van der Waals surface area contributed by atoms with Gasteiger partial charge in [-0.15, -0.1) is 0 Å². The SMILES string of the molecule is CC(C)N(Oc1cccc(F)c1)C(=N)N=C(N)N. The fourth-order valence-corrected chi connectivity index (χ4v) is 1.20. The van der Waals surface area contributed by atoms with Crippen molar-refractivity contribution in [2.75, 3.05) is 0 Å². The highest BCUT2D eigenvalue weighted by molar-refractivity contribution is 5.91. The summed E-state index contributed by atoms with van der Waals surface area (Å²) in [5.41, 5.74) is 10.4. The molecule has 0 saturated heterocycles. The number of rotatable bonds is 3. The van der Waals surface area contributed by atoms with Crippen LogP contribution in [0.15, 0.2) is 29.3 Å². The summed E-state index contributed by atoms with van der Waals surface area (Å²) in [5, 5.41) is 8.84. The molecule has 0 aliphatic carbocycles. The molecule has 98 valence electrons. The molecular formula is C11H16FN5O. The first-order valence-electron chi connectivity index (χ1n) is 5.31. The summed E-state index contributed by atoms with van der Waals surface area (Å²) in [4.78, 5) is 8.95. The number of hydroxylamine groups is 2. The molecule has 7 heteroatoms. The van der Waals surface area contributed by atoms with Crippen LogP contribution in [-0.2, 0) is 0 Å². The number of nitrogens with two attached hydrogens (primary N) is 2. The van der Waals surface area contributed by atoms with Crippen molar-refractivity contribution in [3.05, 3.63) is 30.1 Å². The van der Waals surface area contributed by atoms with Crippen LogP contribution in [0.5, 0.6) is 5.75 Å². The molecule has 0 aliphatic heterocycles. The second kappa shape index (κ2) is 5.85. The number of nitrogens with one attached hydrogen (secondary N) is 1. The van der Waals surface area contributed by atoms with Crippen molar-refractivity contribution in [2.24, 2.45) is 16.5 Å². The highest BCUT2D eigenvalue weighted by Gasteiger charge is 2.16. The Morgan fingerprint density at radius 1 is 1.44 bits per heavy atom. The van der Waals surface area contributed by atoms with Gasteiger partial charge < -0.3 is 16.3 Å². The molecule has 0 aliphatic rings. The van der Waals surface area contributed by atoms with Crippen LogP contribution in [-0.4, -0.2) is 23.0 Å². The molecule has 18 heavy (non-hydrogen) atoms. The summed E-state index contributed by atoms with van der Waals surface area (Å²) in [6, 6.07) is 5.39. The van der Waals surface area contributed by atoms with Crippen LogP contribution in [0, 0.1) is 11.2 Å². The second-order valence-corrected chi connectivity index (χ2v) is 3.83. The van der Waals surface area contributed by atoms with Gasteiger partial charge in [-0.3, -0.25) is 5.41 Å². The van der Waals surface area contributed by atoms with Gasteiger partial charge in [0, 0.05) is 6.07 Å². The Bertz CT molecular complexity index is 457. The Balaban J connectivity index is 2.88. The van der Waals surface area contributed by atoms with Gasteiger partial charge in [0.1, 0.15) is 5.82 Å². The van der Waals surface area contributed by atoms with Crippen molar-refractivity contribution in [3.63, 3.8) is 0 Å². The quantitative estimate of drug-likeness (QED) is 0.425. The van der Waals surface area contributed by atoms with E-state index in [9.17, 15) is 4.39 Å². The number of aliphatic imine (C=N–C) groups is 1. The molecule has 0 bridgehead atoms. The molecule has 1 aromatic carbocycles. The lowest BCUT2D eigenvalue weighted by Gasteiger charge is -2.25. The van der Waals surface area contributed by atoms with Crippen LogP contribution in [0.2, 0.25) is 0 Å². The van der Waals surface area contributed by atoms with Crippen molar-refractivity contribution >= 4 is 11.9 Å². The zero-order chi connectivity index (χ0) is 13.7. The summed E-state index contributed by atoms with van der Waals surface area (Å²) < 4.78 is 13.0. The van der Waals surface area contributed by atoms with Crippen molar-refractivity contribution in [2.45, 2.75) is 19.9 Å². The fraction of sp³-hybridized carbons (Fsp3) is 0.273. The van der Waals surface area contributed by atoms with Crippen molar-refractivity contribution in [1.29, 1.82) is 5.41 Å². The van der Waals surface area contributed by atoms with Gasteiger partial charge in [0.05, 0.1) is 6.04 Å². The van der Waals surface area contributed by atoms with Crippen molar-refractivity contribution in [3.8, 4) is 5.75 Å². The Labute approximate surface area is 105 Å². The van der Waals surface area contributed by atoms with E-state index in [1.165, 1.54) is 23.3 Å². The molecule has 0 unspecified atom stereocenters. The topological polar surface area (TPSA) is 101 Å². The first-order chi connectivity index (χ1) is 8.40. The second-order valence-electron chi connectivity index (χ2n) is 3.83. The molecule has 0 aromatic heterocycles. The van der Waals surface area contributed by atoms with Gasteiger partial charge in [0.15, 0.2) is 11.7 Å². The van der Waals surface area contributed by atoms with Crippen LogP contribution < -0.4 is 16.3 Å². The third-order valence-corrected chi connectivity index (χ3v) is 1.91. The van der Waals surface area contributed by atoms with E-state index in [0.29, 0.717) is 0 Å². The van der Waals surface area contributed by atoms with Gasteiger partial charge in [-0.25, -0.2) is 4.39 Å². The molecule has 1 aromatic rings. The monoisotopic (exact) mass is 253 g/mol. The average Bonchev–Trinajstić information content (AvgIpc) is 2.24. The van der Waals surface area contributed by atoms with E-state index in [-0.39, 0.29) is 23.7 Å². The number of hydrogen-bond acceptors (Lipinski definition) is 2. The zero-order valence-corrected chi connectivity index (χ0v) is 10.2. The first-order valence-corrected chi connectivity index (χ1v) is 5.31. The van der Waals surface area contributed by atoms with E-state index >= 15 is 0 Å². The summed E-state index contributed by atoms with van der Waals surface area (Å²) in [6.45, 7) is 3.58. The Hall–Kier alpha value is -2.31. The van der Waals surface area contributed by atoms with Crippen LogP contribution in [0.1, 0.15) is 13.8 Å². The number of hydrogen-bond donors (Lipinski definition) is 3. The van der Waals surface area contributed by atoms with Gasteiger partial charge >= 0.3 is 0 Å². The predicted molar refractivity (Wildman–Crippen MR) is 67.5 cm³/mol. The summed E-state index contributed by atoms with van der Waals surface area (Å²) >= 11 is 0. The highest BCUT2D eigenvalue weighted by atomic mass is 19.1. The maximum absolute atomic E-state index is 13.0. The minimum atomic E-state index is -0.426. The van der Waals surface area contributed by atoms with E-state index in [1.807, 2.05) is 0 Å². The van der Waals surface area contributed by atoms with Gasteiger partial charge in [-0.05, 0) is 26.0 Å². The molecule has 1 rings (SSSR count). The molecule has 0 heterocycles. The summed E-state index contributed by atoms with van der Waals surface area (Å²) in [5.74, 6) is -0.661. The molecular weight excluding hydrogens is 237 g/mol. The third kappa shape index (κ3) is 3.93. The molecule has 0 spiro atoms. The molecule has 6 nitrogen and oxygen atoms in total.